The predicted molar refractivity (Wildman–Crippen MR) is 79.4 cm³/mol. The van der Waals surface area contributed by atoms with Crippen molar-refractivity contribution in [3.05, 3.63) is 65.2 Å². The lowest BCUT2D eigenvalue weighted by atomic mass is 9.97. The first-order valence-electron chi connectivity index (χ1n) is 6.71. The topological polar surface area (TPSA) is 35.2 Å². The van der Waals surface area contributed by atoms with Crippen molar-refractivity contribution in [2.24, 2.45) is 5.73 Å². The lowest BCUT2D eigenvalue weighted by Gasteiger charge is -2.15. The Morgan fingerprint density at radius 1 is 1.11 bits per heavy atom. The molecular weight excluding hydrogens is 234 g/mol. The van der Waals surface area contributed by atoms with Crippen molar-refractivity contribution in [3.63, 3.8) is 0 Å². The van der Waals surface area contributed by atoms with Gasteiger partial charge in [0.15, 0.2) is 0 Å². The van der Waals surface area contributed by atoms with Gasteiger partial charge in [-0.15, -0.1) is 0 Å². The SMILES string of the molecule is CCc1cccc(C(N)Cc2ccccc2OC)c1. The molecular formula is C17H21NO. The molecule has 0 saturated heterocycles. The summed E-state index contributed by atoms with van der Waals surface area (Å²) >= 11 is 0. The average Bonchev–Trinajstić information content (AvgIpc) is 2.47. The van der Waals surface area contributed by atoms with Crippen molar-refractivity contribution in [1.29, 1.82) is 0 Å². The van der Waals surface area contributed by atoms with E-state index in [-0.39, 0.29) is 6.04 Å². The van der Waals surface area contributed by atoms with Crippen LogP contribution in [-0.2, 0) is 12.8 Å². The van der Waals surface area contributed by atoms with Crippen molar-refractivity contribution < 1.29 is 4.74 Å². The Balaban J connectivity index is 2.18. The van der Waals surface area contributed by atoms with Crippen LogP contribution in [0.5, 0.6) is 5.75 Å². The highest BCUT2D eigenvalue weighted by molar-refractivity contribution is 5.35. The van der Waals surface area contributed by atoms with Gasteiger partial charge in [0.05, 0.1) is 7.11 Å². The van der Waals surface area contributed by atoms with E-state index in [2.05, 4.69) is 37.3 Å². The maximum atomic E-state index is 6.32. The summed E-state index contributed by atoms with van der Waals surface area (Å²) in [6, 6.07) is 16.6. The van der Waals surface area contributed by atoms with Crippen LogP contribution in [0.25, 0.3) is 0 Å². The van der Waals surface area contributed by atoms with Gasteiger partial charge in [-0.25, -0.2) is 0 Å². The van der Waals surface area contributed by atoms with Gasteiger partial charge in [-0.2, -0.15) is 0 Å². The Morgan fingerprint density at radius 2 is 1.89 bits per heavy atom. The van der Waals surface area contributed by atoms with Crippen LogP contribution in [0, 0.1) is 0 Å². The molecule has 0 saturated carbocycles. The smallest absolute Gasteiger partial charge is 0.122 e. The van der Waals surface area contributed by atoms with E-state index in [1.807, 2.05) is 18.2 Å². The van der Waals surface area contributed by atoms with Crippen molar-refractivity contribution in [1.82, 2.24) is 0 Å². The summed E-state index contributed by atoms with van der Waals surface area (Å²) in [6.07, 6.45) is 1.83. The van der Waals surface area contributed by atoms with Gasteiger partial charge in [0.25, 0.3) is 0 Å². The fraction of sp³-hybridized carbons (Fsp3) is 0.294. The van der Waals surface area contributed by atoms with Crippen molar-refractivity contribution in [2.45, 2.75) is 25.8 Å². The fourth-order valence-electron chi connectivity index (χ4n) is 2.27. The molecule has 0 radical (unpaired) electrons. The maximum absolute atomic E-state index is 6.32. The quantitative estimate of drug-likeness (QED) is 0.887. The molecule has 0 fully saturated rings. The molecule has 2 aromatic rings. The molecule has 0 heterocycles. The Bertz CT molecular complexity index is 536. The molecule has 0 aliphatic rings. The summed E-state index contributed by atoms with van der Waals surface area (Å²) in [5.41, 5.74) is 9.98. The van der Waals surface area contributed by atoms with Crippen LogP contribution >= 0.6 is 0 Å². The third kappa shape index (κ3) is 3.36. The van der Waals surface area contributed by atoms with Gasteiger partial charge in [-0.05, 0) is 35.6 Å². The summed E-state index contributed by atoms with van der Waals surface area (Å²) in [4.78, 5) is 0. The molecule has 1 unspecified atom stereocenters. The standard InChI is InChI=1S/C17H21NO/c1-3-13-7-6-9-14(11-13)16(18)12-15-8-4-5-10-17(15)19-2/h4-11,16H,3,12,18H2,1-2H3. The molecule has 0 bridgehead atoms. The Morgan fingerprint density at radius 3 is 2.63 bits per heavy atom. The van der Waals surface area contributed by atoms with E-state index in [4.69, 9.17) is 10.5 Å². The highest BCUT2D eigenvalue weighted by Crippen LogP contribution is 2.24. The van der Waals surface area contributed by atoms with E-state index >= 15 is 0 Å². The molecule has 0 aliphatic carbocycles. The first-order valence-corrected chi connectivity index (χ1v) is 6.71. The van der Waals surface area contributed by atoms with E-state index < -0.39 is 0 Å². The zero-order valence-corrected chi connectivity index (χ0v) is 11.6. The van der Waals surface area contributed by atoms with Gasteiger partial charge in [0, 0.05) is 6.04 Å². The normalized spacial score (nSPS) is 12.2. The number of aryl methyl sites for hydroxylation is 1. The second kappa shape index (κ2) is 6.39. The molecule has 2 nitrogen and oxygen atoms in total. The van der Waals surface area contributed by atoms with Crippen LogP contribution in [0.15, 0.2) is 48.5 Å². The second-order valence-corrected chi connectivity index (χ2v) is 4.72. The molecule has 0 aliphatic heterocycles. The zero-order valence-electron chi connectivity index (χ0n) is 11.6. The highest BCUT2D eigenvalue weighted by Gasteiger charge is 2.10. The van der Waals surface area contributed by atoms with E-state index in [0.29, 0.717) is 0 Å². The van der Waals surface area contributed by atoms with Crippen LogP contribution in [0.3, 0.4) is 0 Å². The Hall–Kier alpha value is -1.80. The van der Waals surface area contributed by atoms with Gasteiger partial charge in [0.2, 0.25) is 0 Å². The van der Waals surface area contributed by atoms with E-state index in [9.17, 15) is 0 Å². The van der Waals surface area contributed by atoms with Crippen molar-refractivity contribution in [3.8, 4) is 5.75 Å². The third-order valence-corrected chi connectivity index (χ3v) is 3.42. The minimum atomic E-state index is 0.00259. The predicted octanol–water partition coefficient (Wildman–Crippen LogP) is 3.50. The maximum Gasteiger partial charge on any atom is 0.122 e. The number of rotatable bonds is 5. The molecule has 2 N–H and O–H groups in total. The number of para-hydroxylation sites is 1. The number of hydrogen-bond donors (Lipinski definition) is 1. The zero-order chi connectivity index (χ0) is 13.7. The van der Waals surface area contributed by atoms with Crippen LogP contribution in [0.1, 0.15) is 29.7 Å². The van der Waals surface area contributed by atoms with E-state index in [1.54, 1.807) is 7.11 Å². The summed E-state index contributed by atoms with van der Waals surface area (Å²) in [5, 5.41) is 0. The van der Waals surface area contributed by atoms with E-state index in [0.717, 1.165) is 24.2 Å². The third-order valence-electron chi connectivity index (χ3n) is 3.42. The first kappa shape index (κ1) is 13.6. The molecule has 2 rings (SSSR count). The molecule has 2 aromatic carbocycles. The van der Waals surface area contributed by atoms with Crippen molar-refractivity contribution >= 4 is 0 Å². The molecule has 1 atom stereocenters. The van der Waals surface area contributed by atoms with Gasteiger partial charge >= 0.3 is 0 Å². The number of ether oxygens (including phenoxy) is 1. The summed E-state index contributed by atoms with van der Waals surface area (Å²) < 4.78 is 5.37. The number of nitrogens with two attached hydrogens (primary N) is 1. The van der Waals surface area contributed by atoms with Gasteiger partial charge in [-0.3, -0.25) is 0 Å². The lowest BCUT2D eigenvalue weighted by Crippen LogP contribution is -2.14. The monoisotopic (exact) mass is 255 g/mol. The van der Waals surface area contributed by atoms with Crippen LogP contribution in [-0.4, -0.2) is 7.11 Å². The Kier molecular flexibility index (Phi) is 4.58. The molecule has 2 heteroatoms. The molecule has 100 valence electrons. The highest BCUT2D eigenvalue weighted by atomic mass is 16.5. The largest absolute Gasteiger partial charge is 0.496 e. The van der Waals surface area contributed by atoms with Crippen LogP contribution < -0.4 is 10.5 Å². The summed E-state index contributed by atoms with van der Waals surface area (Å²) in [5.74, 6) is 0.907. The Labute approximate surface area is 115 Å². The molecule has 0 amide bonds. The van der Waals surface area contributed by atoms with Crippen molar-refractivity contribution in [2.75, 3.05) is 7.11 Å². The molecule has 19 heavy (non-hydrogen) atoms. The summed E-state index contributed by atoms with van der Waals surface area (Å²) in [6.45, 7) is 2.16. The minimum absolute atomic E-state index is 0.00259. The lowest BCUT2D eigenvalue weighted by molar-refractivity contribution is 0.408. The number of benzene rings is 2. The van der Waals surface area contributed by atoms with Gasteiger partial charge in [-0.1, -0.05) is 49.4 Å². The fourth-order valence-corrected chi connectivity index (χ4v) is 2.27. The number of hydrogen-bond acceptors (Lipinski definition) is 2. The first-order chi connectivity index (χ1) is 9.24. The van der Waals surface area contributed by atoms with Gasteiger partial charge < -0.3 is 10.5 Å². The summed E-state index contributed by atoms with van der Waals surface area (Å²) in [7, 11) is 1.70. The van der Waals surface area contributed by atoms with Gasteiger partial charge in [0.1, 0.15) is 5.75 Å². The molecule has 0 spiro atoms. The van der Waals surface area contributed by atoms with E-state index in [1.165, 1.54) is 11.1 Å². The second-order valence-electron chi connectivity index (χ2n) is 4.72. The number of methoxy groups -OCH3 is 1. The average molecular weight is 255 g/mol. The van der Waals surface area contributed by atoms with Crippen LogP contribution in [0.4, 0.5) is 0 Å². The molecule has 0 aromatic heterocycles. The minimum Gasteiger partial charge on any atom is -0.496 e. The van der Waals surface area contributed by atoms with Crippen LogP contribution in [0.2, 0.25) is 0 Å².